The number of hydrogen-bond donors (Lipinski definition) is 1. The molecule has 1 atom stereocenters. The summed E-state index contributed by atoms with van der Waals surface area (Å²) in [7, 11) is 0. The minimum Gasteiger partial charge on any atom is -0.334 e. The first-order chi connectivity index (χ1) is 9.13. The molecular formula is C14H19Cl2IN2O. The van der Waals surface area contributed by atoms with Gasteiger partial charge >= 0.3 is 0 Å². The first kappa shape index (κ1) is 18.0. The molecule has 1 aromatic rings. The van der Waals surface area contributed by atoms with Crippen LogP contribution in [0.25, 0.3) is 0 Å². The number of rotatable bonds is 4. The summed E-state index contributed by atoms with van der Waals surface area (Å²) in [5.74, 6) is 0.0995. The van der Waals surface area contributed by atoms with Gasteiger partial charge in [0, 0.05) is 27.7 Å². The molecule has 0 aromatic heterocycles. The fourth-order valence-electron chi connectivity index (χ4n) is 2.41. The average Bonchev–Trinajstić information content (AvgIpc) is 2.92. The zero-order chi connectivity index (χ0) is 13.8. The summed E-state index contributed by atoms with van der Waals surface area (Å²) in [5.41, 5.74) is 0.716. The lowest BCUT2D eigenvalue weighted by Crippen LogP contribution is -2.42. The van der Waals surface area contributed by atoms with Gasteiger partial charge in [-0.2, -0.15) is 0 Å². The molecule has 1 saturated heterocycles. The Labute approximate surface area is 145 Å². The Balaban J connectivity index is 0.00000200. The summed E-state index contributed by atoms with van der Waals surface area (Å²) in [6.45, 7) is 4.78. The summed E-state index contributed by atoms with van der Waals surface area (Å²) in [6, 6.07) is 5.80. The minimum atomic E-state index is 0. The first-order valence-corrected chi connectivity index (χ1v) is 8.06. The Hall–Kier alpha value is -0.0400. The normalized spacial score (nSPS) is 17.6. The van der Waals surface area contributed by atoms with Crippen molar-refractivity contribution in [2.45, 2.75) is 25.8 Å². The Morgan fingerprint density at radius 1 is 1.55 bits per heavy atom. The first-order valence-electron chi connectivity index (χ1n) is 6.60. The van der Waals surface area contributed by atoms with Crippen LogP contribution in [0.3, 0.4) is 0 Å². The molecule has 0 saturated carbocycles. The lowest BCUT2D eigenvalue weighted by atomic mass is 10.1. The lowest BCUT2D eigenvalue weighted by molar-refractivity contribution is 0.0691. The van der Waals surface area contributed by atoms with Crippen LogP contribution in [0.4, 0.5) is 0 Å². The van der Waals surface area contributed by atoms with E-state index in [-0.39, 0.29) is 18.3 Å². The monoisotopic (exact) mass is 428 g/mol. The number of carbonyl (C=O) groups excluding carboxylic acids is 1. The van der Waals surface area contributed by atoms with Gasteiger partial charge in [0.2, 0.25) is 0 Å². The van der Waals surface area contributed by atoms with Crippen LogP contribution in [0, 0.1) is 3.57 Å². The summed E-state index contributed by atoms with van der Waals surface area (Å²) in [5, 5.41) is 3.94. The lowest BCUT2D eigenvalue weighted by Gasteiger charge is -2.28. The topological polar surface area (TPSA) is 32.3 Å². The van der Waals surface area contributed by atoms with Crippen molar-refractivity contribution >= 4 is 52.5 Å². The molecule has 0 bridgehead atoms. The molecule has 1 fully saturated rings. The van der Waals surface area contributed by atoms with Crippen molar-refractivity contribution in [3.63, 3.8) is 0 Å². The number of carbonyl (C=O) groups is 1. The van der Waals surface area contributed by atoms with Crippen LogP contribution in [-0.4, -0.2) is 36.5 Å². The number of nitrogens with zero attached hydrogens (tertiary/aromatic N) is 1. The second-order valence-electron chi connectivity index (χ2n) is 4.77. The summed E-state index contributed by atoms with van der Waals surface area (Å²) < 4.78 is 0.957. The van der Waals surface area contributed by atoms with Gasteiger partial charge in [0.15, 0.2) is 0 Å². The number of halogens is 3. The van der Waals surface area contributed by atoms with Gasteiger partial charge in [-0.3, -0.25) is 4.79 Å². The molecule has 112 valence electrons. The highest BCUT2D eigenvalue weighted by Crippen LogP contribution is 2.22. The second-order valence-corrected chi connectivity index (χ2v) is 6.37. The maximum atomic E-state index is 12.7. The number of benzene rings is 1. The maximum Gasteiger partial charge on any atom is 0.255 e. The van der Waals surface area contributed by atoms with E-state index in [1.54, 1.807) is 6.07 Å². The Morgan fingerprint density at radius 3 is 2.90 bits per heavy atom. The predicted molar refractivity (Wildman–Crippen MR) is 94.0 cm³/mol. The highest BCUT2D eigenvalue weighted by molar-refractivity contribution is 14.1. The molecule has 0 radical (unpaired) electrons. The van der Waals surface area contributed by atoms with Crippen LogP contribution in [0.5, 0.6) is 0 Å². The van der Waals surface area contributed by atoms with Crippen LogP contribution in [0.1, 0.15) is 30.1 Å². The van der Waals surface area contributed by atoms with Crippen molar-refractivity contribution in [2.75, 3.05) is 19.6 Å². The van der Waals surface area contributed by atoms with E-state index in [1.165, 1.54) is 0 Å². The van der Waals surface area contributed by atoms with Crippen molar-refractivity contribution in [3.05, 3.63) is 32.4 Å². The van der Waals surface area contributed by atoms with Crippen molar-refractivity contribution in [3.8, 4) is 0 Å². The van der Waals surface area contributed by atoms with Gasteiger partial charge in [0.05, 0.1) is 5.56 Å². The largest absolute Gasteiger partial charge is 0.334 e. The van der Waals surface area contributed by atoms with Crippen molar-refractivity contribution < 1.29 is 4.79 Å². The van der Waals surface area contributed by atoms with Crippen molar-refractivity contribution in [2.24, 2.45) is 0 Å². The third-order valence-corrected chi connectivity index (χ3v) is 4.54. The molecule has 20 heavy (non-hydrogen) atoms. The van der Waals surface area contributed by atoms with E-state index >= 15 is 0 Å². The third-order valence-electron chi connectivity index (χ3n) is 3.36. The zero-order valence-corrected chi connectivity index (χ0v) is 15.1. The van der Waals surface area contributed by atoms with Gasteiger partial charge < -0.3 is 10.2 Å². The van der Waals surface area contributed by atoms with Gasteiger partial charge in [-0.25, -0.2) is 0 Å². The summed E-state index contributed by atoms with van der Waals surface area (Å²) >= 11 is 8.21. The zero-order valence-electron chi connectivity index (χ0n) is 11.4. The Bertz CT molecular complexity index is 464. The third kappa shape index (κ3) is 4.23. The molecule has 2 rings (SSSR count). The smallest absolute Gasteiger partial charge is 0.255 e. The minimum absolute atomic E-state index is 0. The number of amides is 1. The van der Waals surface area contributed by atoms with E-state index in [0.717, 1.165) is 36.0 Å². The molecule has 1 N–H and O–H groups in total. The molecule has 1 aliphatic rings. The quantitative estimate of drug-likeness (QED) is 0.743. The second kappa shape index (κ2) is 8.41. The van der Waals surface area contributed by atoms with E-state index in [0.29, 0.717) is 16.6 Å². The Kier molecular flexibility index (Phi) is 7.58. The van der Waals surface area contributed by atoms with Gasteiger partial charge in [-0.15, -0.1) is 12.4 Å². The van der Waals surface area contributed by atoms with Gasteiger partial charge in [0.1, 0.15) is 0 Å². The molecule has 1 amide bonds. The molecule has 3 nitrogen and oxygen atoms in total. The van der Waals surface area contributed by atoms with Crippen LogP contribution >= 0.6 is 46.6 Å². The number of nitrogens with one attached hydrogen (secondary N) is 1. The molecular weight excluding hydrogens is 410 g/mol. The fourth-order valence-corrected chi connectivity index (χ4v) is 3.15. The van der Waals surface area contributed by atoms with Crippen LogP contribution < -0.4 is 5.32 Å². The standard InChI is InChI=1S/C14H18ClIN2O.ClH/c1-2-7-18(11-5-6-17-9-11)14(19)12-8-10(15)3-4-13(12)16;/h3-4,8,11,17H,2,5-7,9H2,1H3;1H. The van der Waals surface area contributed by atoms with Crippen molar-refractivity contribution in [1.82, 2.24) is 10.2 Å². The fraction of sp³-hybridized carbons (Fsp3) is 0.500. The molecule has 6 heteroatoms. The molecule has 0 spiro atoms. The van der Waals surface area contributed by atoms with Crippen LogP contribution in [0.2, 0.25) is 5.02 Å². The van der Waals surface area contributed by atoms with Gasteiger partial charge in [0.25, 0.3) is 5.91 Å². The van der Waals surface area contributed by atoms with Gasteiger partial charge in [-0.1, -0.05) is 18.5 Å². The molecule has 1 aliphatic heterocycles. The summed E-state index contributed by atoms with van der Waals surface area (Å²) in [4.78, 5) is 14.7. The van der Waals surface area contributed by atoms with E-state index < -0.39 is 0 Å². The van der Waals surface area contributed by atoms with E-state index in [4.69, 9.17) is 11.6 Å². The highest BCUT2D eigenvalue weighted by Gasteiger charge is 2.27. The molecule has 1 heterocycles. The summed E-state index contributed by atoms with van der Waals surface area (Å²) in [6.07, 6.45) is 2.00. The van der Waals surface area contributed by atoms with Crippen molar-refractivity contribution in [1.29, 1.82) is 0 Å². The van der Waals surface area contributed by atoms with Crippen LogP contribution in [-0.2, 0) is 0 Å². The van der Waals surface area contributed by atoms with E-state index in [9.17, 15) is 4.79 Å². The van der Waals surface area contributed by atoms with E-state index in [2.05, 4.69) is 34.8 Å². The highest BCUT2D eigenvalue weighted by atomic mass is 127. The average molecular weight is 429 g/mol. The predicted octanol–water partition coefficient (Wildman–Crippen LogP) is 3.58. The molecule has 1 aromatic carbocycles. The maximum absolute atomic E-state index is 12.7. The van der Waals surface area contributed by atoms with Crippen LogP contribution in [0.15, 0.2) is 18.2 Å². The molecule has 1 unspecified atom stereocenters. The number of hydrogen-bond acceptors (Lipinski definition) is 2. The SMILES string of the molecule is CCCN(C(=O)c1cc(Cl)ccc1I)C1CCNC1.Cl. The van der Waals surface area contributed by atoms with E-state index in [1.807, 2.05) is 17.0 Å². The van der Waals surface area contributed by atoms with Gasteiger partial charge in [-0.05, 0) is 60.2 Å². The Morgan fingerprint density at radius 2 is 2.30 bits per heavy atom. The molecule has 0 aliphatic carbocycles.